The van der Waals surface area contributed by atoms with Crippen molar-refractivity contribution in [1.82, 2.24) is 5.32 Å². The minimum Gasteiger partial charge on any atom is -0.491 e. The van der Waals surface area contributed by atoms with Gasteiger partial charge in [-0.2, -0.15) is 0 Å². The Morgan fingerprint density at radius 2 is 1.87 bits per heavy atom. The van der Waals surface area contributed by atoms with E-state index in [2.05, 4.69) is 38.2 Å². The fourth-order valence-electron chi connectivity index (χ4n) is 1.27. The number of ether oxygens (including phenoxy) is 1. The summed E-state index contributed by atoms with van der Waals surface area (Å²) in [4.78, 5) is 0. The predicted molar refractivity (Wildman–Crippen MR) is 64.2 cm³/mol. The molecule has 2 heteroatoms. The topological polar surface area (TPSA) is 21.3 Å². The van der Waals surface area contributed by atoms with E-state index < -0.39 is 0 Å². The first-order valence-corrected chi connectivity index (χ1v) is 5.72. The van der Waals surface area contributed by atoms with Crippen molar-refractivity contribution in [3.05, 3.63) is 29.8 Å². The third kappa shape index (κ3) is 4.34. The summed E-state index contributed by atoms with van der Waals surface area (Å²) in [5.41, 5.74) is 1.30. The molecule has 0 saturated carbocycles. The average Bonchev–Trinajstić information content (AvgIpc) is 2.28. The molecule has 1 rings (SSSR count). The molecule has 0 heterocycles. The molecular weight excluding hydrogens is 186 g/mol. The Hall–Kier alpha value is -1.02. The van der Waals surface area contributed by atoms with Gasteiger partial charge in [-0.1, -0.05) is 26.0 Å². The highest BCUT2D eigenvalue weighted by molar-refractivity contribution is 5.27. The monoisotopic (exact) mass is 207 g/mol. The summed E-state index contributed by atoms with van der Waals surface area (Å²) < 4.78 is 5.70. The molecule has 0 spiro atoms. The lowest BCUT2D eigenvalue weighted by atomic mass is 10.2. The van der Waals surface area contributed by atoms with Crippen LogP contribution in [-0.4, -0.2) is 12.6 Å². The standard InChI is InChI=1S/C13H21NO/c1-4-11(3)15-13-8-6-12(7-9-13)10-14-5-2/h6-9,11,14H,4-5,10H2,1-3H3. The maximum atomic E-state index is 5.70. The van der Waals surface area contributed by atoms with Crippen molar-refractivity contribution >= 4 is 0 Å². The van der Waals surface area contributed by atoms with E-state index in [9.17, 15) is 0 Å². The summed E-state index contributed by atoms with van der Waals surface area (Å²) in [5, 5.41) is 3.30. The zero-order valence-electron chi connectivity index (χ0n) is 9.92. The van der Waals surface area contributed by atoms with Crippen molar-refractivity contribution < 1.29 is 4.74 Å². The van der Waals surface area contributed by atoms with Crippen LogP contribution in [0.3, 0.4) is 0 Å². The van der Waals surface area contributed by atoms with E-state index in [-0.39, 0.29) is 0 Å². The summed E-state index contributed by atoms with van der Waals surface area (Å²) >= 11 is 0. The normalized spacial score (nSPS) is 12.5. The fraction of sp³-hybridized carbons (Fsp3) is 0.538. The van der Waals surface area contributed by atoms with Gasteiger partial charge in [0.1, 0.15) is 5.75 Å². The first-order chi connectivity index (χ1) is 7.26. The molecule has 84 valence electrons. The second kappa shape index (κ2) is 6.46. The van der Waals surface area contributed by atoms with Crippen molar-refractivity contribution in [3.63, 3.8) is 0 Å². The Labute approximate surface area is 92.6 Å². The summed E-state index contributed by atoms with van der Waals surface area (Å²) in [6.45, 7) is 8.27. The highest BCUT2D eigenvalue weighted by atomic mass is 16.5. The zero-order valence-corrected chi connectivity index (χ0v) is 9.92. The largest absolute Gasteiger partial charge is 0.491 e. The number of hydrogen-bond donors (Lipinski definition) is 1. The van der Waals surface area contributed by atoms with E-state index in [1.54, 1.807) is 0 Å². The van der Waals surface area contributed by atoms with E-state index in [1.807, 2.05) is 12.1 Å². The van der Waals surface area contributed by atoms with E-state index in [0.717, 1.165) is 25.3 Å². The third-order valence-electron chi connectivity index (χ3n) is 2.41. The van der Waals surface area contributed by atoms with E-state index in [1.165, 1.54) is 5.56 Å². The zero-order chi connectivity index (χ0) is 11.1. The smallest absolute Gasteiger partial charge is 0.119 e. The lowest BCUT2D eigenvalue weighted by molar-refractivity contribution is 0.217. The summed E-state index contributed by atoms with van der Waals surface area (Å²) in [5.74, 6) is 0.963. The number of rotatable bonds is 6. The van der Waals surface area contributed by atoms with Crippen LogP contribution in [-0.2, 0) is 6.54 Å². The van der Waals surface area contributed by atoms with Crippen LogP contribution in [0.25, 0.3) is 0 Å². The van der Waals surface area contributed by atoms with Gasteiger partial charge in [-0.25, -0.2) is 0 Å². The van der Waals surface area contributed by atoms with Gasteiger partial charge >= 0.3 is 0 Å². The lowest BCUT2D eigenvalue weighted by Crippen LogP contribution is -2.12. The van der Waals surface area contributed by atoms with Crippen LogP contribution in [0.5, 0.6) is 5.75 Å². The Bertz CT molecular complexity index is 268. The molecule has 0 aromatic heterocycles. The second-order valence-corrected chi connectivity index (χ2v) is 3.76. The molecule has 0 bridgehead atoms. The molecule has 1 aromatic carbocycles. The molecule has 0 aliphatic heterocycles. The first kappa shape index (κ1) is 12.1. The number of hydrogen-bond acceptors (Lipinski definition) is 2. The molecule has 0 fully saturated rings. The lowest BCUT2D eigenvalue weighted by Gasteiger charge is -2.12. The Kier molecular flexibility index (Phi) is 5.19. The molecule has 1 atom stereocenters. The van der Waals surface area contributed by atoms with Crippen LogP contribution in [0.4, 0.5) is 0 Å². The van der Waals surface area contributed by atoms with Gasteiger partial charge in [0.25, 0.3) is 0 Å². The second-order valence-electron chi connectivity index (χ2n) is 3.76. The molecule has 0 aliphatic carbocycles. The van der Waals surface area contributed by atoms with Crippen molar-refractivity contribution in [2.45, 2.75) is 39.8 Å². The molecule has 0 radical (unpaired) electrons. The summed E-state index contributed by atoms with van der Waals surface area (Å²) in [6, 6.07) is 8.30. The van der Waals surface area contributed by atoms with Gasteiger partial charge in [-0.05, 0) is 37.6 Å². The molecule has 1 aromatic rings. The van der Waals surface area contributed by atoms with Crippen molar-refractivity contribution in [3.8, 4) is 5.75 Å². The van der Waals surface area contributed by atoms with Gasteiger partial charge in [-0.15, -0.1) is 0 Å². The van der Waals surface area contributed by atoms with Gasteiger partial charge in [0.15, 0.2) is 0 Å². The van der Waals surface area contributed by atoms with Crippen molar-refractivity contribution in [1.29, 1.82) is 0 Å². The highest BCUT2D eigenvalue weighted by Gasteiger charge is 2.00. The van der Waals surface area contributed by atoms with Crippen LogP contribution in [0.1, 0.15) is 32.8 Å². The minimum absolute atomic E-state index is 0.296. The van der Waals surface area contributed by atoms with Crippen LogP contribution >= 0.6 is 0 Å². The van der Waals surface area contributed by atoms with Crippen LogP contribution in [0, 0.1) is 0 Å². The van der Waals surface area contributed by atoms with Gasteiger partial charge in [0, 0.05) is 6.54 Å². The molecule has 2 nitrogen and oxygen atoms in total. The van der Waals surface area contributed by atoms with E-state index in [4.69, 9.17) is 4.74 Å². The molecule has 1 N–H and O–H groups in total. The average molecular weight is 207 g/mol. The summed E-state index contributed by atoms with van der Waals surface area (Å²) in [6.07, 6.45) is 1.34. The van der Waals surface area contributed by atoms with Crippen LogP contribution in [0.2, 0.25) is 0 Å². The molecular formula is C13H21NO. The van der Waals surface area contributed by atoms with Crippen LogP contribution < -0.4 is 10.1 Å². The van der Waals surface area contributed by atoms with Crippen molar-refractivity contribution in [2.24, 2.45) is 0 Å². The van der Waals surface area contributed by atoms with Gasteiger partial charge in [-0.3, -0.25) is 0 Å². The van der Waals surface area contributed by atoms with Gasteiger partial charge < -0.3 is 10.1 Å². The Balaban J connectivity index is 2.48. The van der Waals surface area contributed by atoms with Gasteiger partial charge in [0.05, 0.1) is 6.10 Å². The molecule has 0 aliphatic rings. The summed E-state index contributed by atoms with van der Waals surface area (Å²) in [7, 11) is 0. The molecule has 0 amide bonds. The first-order valence-electron chi connectivity index (χ1n) is 5.72. The Morgan fingerprint density at radius 3 is 2.40 bits per heavy atom. The number of nitrogens with one attached hydrogen (secondary N) is 1. The van der Waals surface area contributed by atoms with Crippen LogP contribution in [0.15, 0.2) is 24.3 Å². The highest BCUT2D eigenvalue weighted by Crippen LogP contribution is 2.14. The maximum Gasteiger partial charge on any atom is 0.119 e. The maximum absolute atomic E-state index is 5.70. The Morgan fingerprint density at radius 1 is 1.20 bits per heavy atom. The van der Waals surface area contributed by atoms with E-state index in [0.29, 0.717) is 6.10 Å². The fourth-order valence-corrected chi connectivity index (χ4v) is 1.27. The quantitative estimate of drug-likeness (QED) is 0.774. The molecule has 0 saturated heterocycles. The SMILES string of the molecule is CCNCc1ccc(OC(C)CC)cc1. The number of benzene rings is 1. The van der Waals surface area contributed by atoms with Gasteiger partial charge in [0.2, 0.25) is 0 Å². The third-order valence-corrected chi connectivity index (χ3v) is 2.41. The van der Waals surface area contributed by atoms with E-state index >= 15 is 0 Å². The van der Waals surface area contributed by atoms with Crippen molar-refractivity contribution in [2.75, 3.05) is 6.54 Å². The predicted octanol–water partition coefficient (Wildman–Crippen LogP) is 2.97. The minimum atomic E-state index is 0.296. The molecule has 1 unspecified atom stereocenters. The molecule has 15 heavy (non-hydrogen) atoms.